The number of nitrogens with one attached hydrogen (secondary N) is 3. The Morgan fingerprint density at radius 3 is 2.42 bits per heavy atom. The van der Waals surface area contributed by atoms with Crippen LogP contribution < -0.4 is 14.8 Å². The zero-order chi connectivity index (χ0) is 28.0. The first-order valence-electron chi connectivity index (χ1n) is 11.7. The van der Waals surface area contributed by atoms with Crippen LogP contribution in [0.25, 0.3) is 22.3 Å². The predicted octanol–water partition coefficient (Wildman–Crippen LogP) is 5.57. The maximum absolute atomic E-state index is 15.3. The molecule has 204 valence electrons. The molecule has 3 aromatic carbocycles. The maximum atomic E-state index is 15.3. The third kappa shape index (κ3) is 5.48. The first-order valence-corrected chi connectivity index (χ1v) is 14.0. The summed E-state index contributed by atoms with van der Waals surface area (Å²) in [5.41, 5.74) is 0.705. The Balaban J connectivity index is 1.50. The summed E-state index contributed by atoms with van der Waals surface area (Å²) in [6.07, 6.45) is 2.54. The fourth-order valence-electron chi connectivity index (χ4n) is 4.05. The van der Waals surface area contributed by atoms with Gasteiger partial charge in [0.25, 0.3) is 0 Å². The summed E-state index contributed by atoms with van der Waals surface area (Å²) < 4.78 is 78.2. The fraction of sp³-hybridized carbons (Fsp3) is 0.120. The smallest absolute Gasteiger partial charge is 0.244 e. The zero-order valence-corrected chi connectivity index (χ0v) is 22.5. The molecular weight excluding hydrogens is 615 g/mol. The van der Waals surface area contributed by atoms with Gasteiger partial charge in [-0.05, 0) is 42.3 Å². The molecule has 1 aliphatic carbocycles. The van der Waals surface area contributed by atoms with Gasteiger partial charge in [-0.1, -0.05) is 15.9 Å². The Labute approximate surface area is 233 Å². The number of H-pyrrole nitrogens is 1. The molecule has 0 spiro atoms. The minimum absolute atomic E-state index is 0.0680. The Morgan fingerprint density at radius 2 is 1.73 bits per heavy atom. The Morgan fingerprint density at radius 1 is 0.975 bits per heavy atom. The molecule has 10 nitrogen and oxygen atoms in total. The van der Waals surface area contributed by atoms with Gasteiger partial charge in [0.1, 0.15) is 33.8 Å². The first kappa shape index (κ1) is 26.2. The van der Waals surface area contributed by atoms with Crippen molar-refractivity contribution in [1.29, 1.82) is 0 Å². The van der Waals surface area contributed by atoms with E-state index in [9.17, 15) is 17.2 Å². The van der Waals surface area contributed by atoms with E-state index in [1.54, 1.807) is 12.1 Å². The molecule has 0 saturated heterocycles. The Hall–Kier alpha value is -4.08. The van der Waals surface area contributed by atoms with Crippen LogP contribution in [0, 0.1) is 17.5 Å². The summed E-state index contributed by atoms with van der Waals surface area (Å²) in [4.78, 5) is 3.92. The van der Waals surface area contributed by atoms with Crippen molar-refractivity contribution in [3.8, 4) is 22.9 Å². The van der Waals surface area contributed by atoms with Gasteiger partial charge >= 0.3 is 0 Å². The third-order valence-electron chi connectivity index (χ3n) is 5.89. The number of aromatic amines is 1. The summed E-state index contributed by atoms with van der Waals surface area (Å²) in [5.74, 6) is -2.29. The number of anilines is 2. The topological polar surface area (TPSA) is 135 Å². The minimum Gasteiger partial charge on any atom is -0.457 e. The molecule has 2 aromatic heterocycles. The standard InChI is InChI=1S/C25H17BrF3N7O3S/c26-13-5-20(29)23-21(6-13)30-11-22(40(37,38)34-16-1-2-16)24(23)31-17-3-12(25-32-35-36-33-25)4-18(10-17)39-19-8-14(27)7-15(28)9-19/h3-11,16,34H,1-2H2,(H,30,31)(H,32,33,35,36). The second-order valence-corrected chi connectivity index (χ2v) is 11.6. The van der Waals surface area contributed by atoms with Crippen LogP contribution in [0.3, 0.4) is 0 Å². The number of halogens is 4. The van der Waals surface area contributed by atoms with Gasteiger partial charge in [0.2, 0.25) is 15.8 Å². The van der Waals surface area contributed by atoms with Crippen LogP contribution in [0.4, 0.5) is 24.5 Å². The highest BCUT2D eigenvalue weighted by Crippen LogP contribution is 2.38. The molecule has 3 N–H and O–H groups in total. The van der Waals surface area contributed by atoms with Crippen molar-refractivity contribution < 1.29 is 26.3 Å². The number of rotatable bonds is 8. The molecule has 0 atom stereocenters. The Bertz CT molecular complexity index is 1850. The molecule has 2 heterocycles. The maximum Gasteiger partial charge on any atom is 0.244 e. The molecule has 6 rings (SSSR count). The van der Waals surface area contributed by atoms with Gasteiger partial charge in [0.05, 0.1) is 16.6 Å². The van der Waals surface area contributed by atoms with Gasteiger partial charge in [0, 0.05) is 52.2 Å². The number of aromatic nitrogens is 5. The van der Waals surface area contributed by atoms with E-state index in [1.807, 2.05) is 0 Å². The van der Waals surface area contributed by atoms with Crippen LogP contribution in [-0.4, -0.2) is 40.1 Å². The van der Waals surface area contributed by atoms with Crippen LogP contribution >= 0.6 is 15.9 Å². The Kier molecular flexibility index (Phi) is 6.64. The zero-order valence-electron chi connectivity index (χ0n) is 20.1. The van der Waals surface area contributed by atoms with E-state index in [4.69, 9.17) is 4.74 Å². The number of pyridine rings is 1. The average molecular weight is 632 g/mol. The number of nitrogens with zero attached hydrogens (tertiary/aromatic N) is 4. The molecule has 0 amide bonds. The van der Waals surface area contributed by atoms with E-state index in [0.29, 0.717) is 28.9 Å². The van der Waals surface area contributed by atoms with Crippen LogP contribution in [0.2, 0.25) is 0 Å². The summed E-state index contributed by atoms with van der Waals surface area (Å²) in [7, 11) is -4.10. The molecule has 5 aromatic rings. The number of hydrogen-bond acceptors (Lipinski definition) is 8. The second kappa shape index (κ2) is 10.1. The fourth-order valence-corrected chi connectivity index (χ4v) is 5.88. The van der Waals surface area contributed by atoms with Gasteiger partial charge < -0.3 is 10.1 Å². The van der Waals surface area contributed by atoms with Gasteiger partial charge in [-0.2, -0.15) is 5.21 Å². The lowest BCUT2D eigenvalue weighted by molar-refractivity contribution is 0.468. The van der Waals surface area contributed by atoms with E-state index in [-0.39, 0.29) is 50.5 Å². The van der Waals surface area contributed by atoms with Crippen molar-refractivity contribution in [2.24, 2.45) is 0 Å². The van der Waals surface area contributed by atoms with Gasteiger partial charge in [-0.25, -0.2) is 26.3 Å². The largest absolute Gasteiger partial charge is 0.457 e. The minimum atomic E-state index is -4.10. The van der Waals surface area contributed by atoms with Gasteiger partial charge in [0.15, 0.2) is 0 Å². The van der Waals surface area contributed by atoms with Crippen molar-refractivity contribution in [2.45, 2.75) is 23.8 Å². The van der Waals surface area contributed by atoms with E-state index in [2.05, 4.69) is 51.6 Å². The molecule has 0 radical (unpaired) electrons. The van der Waals surface area contributed by atoms with Crippen molar-refractivity contribution in [2.75, 3.05) is 5.32 Å². The number of sulfonamides is 1. The highest BCUT2D eigenvalue weighted by atomic mass is 79.9. The highest BCUT2D eigenvalue weighted by molar-refractivity contribution is 9.10. The SMILES string of the molecule is O=S(=O)(NC1CC1)c1cnc2cc(Br)cc(F)c2c1Nc1cc(Oc2cc(F)cc(F)c2)cc(-c2nn[nH]n2)c1. The molecule has 0 aliphatic heterocycles. The first-order chi connectivity index (χ1) is 19.1. The lowest BCUT2D eigenvalue weighted by atomic mass is 10.1. The van der Waals surface area contributed by atoms with E-state index >= 15 is 4.39 Å². The van der Waals surface area contributed by atoms with Crippen molar-refractivity contribution in [3.63, 3.8) is 0 Å². The summed E-state index contributed by atoms with van der Waals surface area (Å²) in [6.45, 7) is 0. The quantitative estimate of drug-likeness (QED) is 0.202. The average Bonchev–Trinajstić information content (AvgIpc) is 3.49. The molecule has 15 heteroatoms. The normalized spacial score (nSPS) is 13.5. The monoisotopic (exact) mass is 631 g/mol. The summed E-state index contributed by atoms with van der Waals surface area (Å²) >= 11 is 3.23. The number of benzene rings is 3. The molecule has 0 bridgehead atoms. The predicted molar refractivity (Wildman–Crippen MR) is 142 cm³/mol. The molecule has 0 unspecified atom stereocenters. The third-order valence-corrected chi connectivity index (χ3v) is 7.88. The van der Waals surface area contributed by atoms with Crippen molar-refractivity contribution in [3.05, 3.63) is 76.7 Å². The molecular formula is C25H17BrF3N7O3S. The van der Waals surface area contributed by atoms with Crippen LogP contribution in [-0.2, 0) is 10.0 Å². The van der Waals surface area contributed by atoms with Crippen LogP contribution in [0.15, 0.2) is 64.1 Å². The van der Waals surface area contributed by atoms with Crippen molar-refractivity contribution in [1.82, 2.24) is 30.3 Å². The number of tetrazole rings is 1. The lowest BCUT2D eigenvalue weighted by Crippen LogP contribution is -2.26. The van der Waals surface area contributed by atoms with Crippen molar-refractivity contribution >= 4 is 48.2 Å². The second-order valence-electron chi connectivity index (χ2n) is 8.99. The van der Waals surface area contributed by atoms with Gasteiger partial charge in [-0.3, -0.25) is 4.98 Å². The molecule has 1 aliphatic rings. The summed E-state index contributed by atoms with van der Waals surface area (Å²) in [6, 6.07) is 9.72. The number of hydrogen-bond donors (Lipinski definition) is 3. The number of ether oxygens (including phenoxy) is 1. The molecule has 40 heavy (non-hydrogen) atoms. The van der Waals surface area contributed by atoms with Gasteiger partial charge in [-0.15, -0.1) is 10.2 Å². The molecule has 1 saturated carbocycles. The summed E-state index contributed by atoms with van der Waals surface area (Å²) in [5, 5.41) is 16.7. The van der Waals surface area contributed by atoms with Crippen LogP contribution in [0.1, 0.15) is 12.8 Å². The van der Waals surface area contributed by atoms with E-state index in [0.717, 1.165) is 18.3 Å². The lowest BCUT2D eigenvalue weighted by Gasteiger charge is -2.17. The van der Waals surface area contributed by atoms with E-state index < -0.39 is 27.5 Å². The number of fused-ring (bicyclic) bond motifs is 1. The van der Waals surface area contributed by atoms with E-state index in [1.165, 1.54) is 18.2 Å². The highest BCUT2D eigenvalue weighted by Gasteiger charge is 2.31. The van der Waals surface area contributed by atoms with Crippen LogP contribution in [0.5, 0.6) is 11.5 Å². The molecule has 1 fully saturated rings.